The van der Waals surface area contributed by atoms with Crippen LogP contribution in [0.3, 0.4) is 0 Å². The van der Waals surface area contributed by atoms with Gasteiger partial charge in [0.05, 0.1) is 16.1 Å². The second kappa shape index (κ2) is 9.96. The van der Waals surface area contributed by atoms with Crippen LogP contribution in [0.2, 0.25) is 0 Å². The Hall–Kier alpha value is -2.87. The fourth-order valence-corrected chi connectivity index (χ4v) is 4.85. The molecule has 1 aliphatic rings. The van der Waals surface area contributed by atoms with Gasteiger partial charge < -0.3 is 10.1 Å². The molecule has 0 saturated heterocycles. The molecule has 31 heavy (non-hydrogen) atoms. The van der Waals surface area contributed by atoms with Crippen molar-refractivity contribution in [1.82, 2.24) is 5.32 Å². The number of amides is 1. The van der Waals surface area contributed by atoms with E-state index in [1.165, 1.54) is 31.3 Å². The summed E-state index contributed by atoms with van der Waals surface area (Å²) < 4.78 is 32.1. The van der Waals surface area contributed by atoms with Gasteiger partial charge in [0.15, 0.2) is 6.61 Å². The first-order valence-electron chi connectivity index (χ1n) is 10.4. The minimum Gasteiger partial charge on any atom is -0.452 e. The second-order valence-corrected chi connectivity index (χ2v) is 9.91. The molecule has 0 atom stereocenters. The molecular formula is C23H28N2O5S. The van der Waals surface area contributed by atoms with Gasteiger partial charge in [-0.1, -0.05) is 31.2 Å². The summed E-state index contributed by atoms with van der Waals surface area (Å²) in [6.07, 6.45) is 4.00. The third-order valence-corrected chi connectivity index (χ3v) is 7.34. The number of esters is 1. The Morgan fingerprint density at radius 3 is 2.39 bits per heavy atom. The van der Waals surface area contributed by atoms with Crippen LogP contribution in [-0.2, 0) is 19.6 Å². The molecule has 3 rings (SSSR count). The van der Waals surface area contributed by atoms with Crippen molar-refractivity contribution in [2.45, 2.75) is 43.5 Å². The van der Waals surface area contributed by atoms with Crippen molar-refractivity contribution in [2.24, 2.45) is 5.92 Å². The summed E-state index contributed by atoms with van der Waals surface area (Å²) >= 11 is 0. The third kappa shape index (κ3) is 5.85. The average Bonchev–Trinajstić information content (AvgIpc) is 2.79. The average molecular weight is 445 g/mol. The number of rotatable bonds is 7. The van der Waals surface area contributed by atoms with Crippen molar-refractivity contribution in [3.8, 4) is 0 Å². The first kappa shape index (κ1) is 22.8. The van der Waals surface area contributed by atoms with Gasteiger partial charge in [0, 0.05) is 13.1 Å². The Kier molecular flexibility index (Phi) is 7.33. The van der Waals surface area contributed by atoms with Crippen molar-refractivity contribution in [2.75, 3.05) is 18.0 Å². The monoisotopic (exact) mass is 444 g/mol. The van der Waals surface area contributed by atoms with E-state index in [1.807, 2.05) is 0 Å². The quantitative estimate of drug-likeness (QED) is 0.661. The first-order valence-corrected chi connectivity index (χ1v) is 11.8. The molecule has 8 heteroatoms. The van der Waals surface area contributed by atoms with Gasteiger partial charge in [-0.3, -0.25) is 9.10 Å². The highest BCUT2D eigenvalue weighted by Crippen LogP contribution is 2.24. The lowest BCUT2D eigenvalue weighted by atomic mass is 9.87. The Bertz CT molecular complexity index is 1020. The Balaban J connectivity index is 1.61. The SMILES string of the molecule is CC1CCC(NC(=O)COC(=O)c2cccc(S(=O)(=O)N(C)c3ccccc3)c2)CC1. The lowest BCUT2D eigenvalue weighted by Crippen LogP contribution is -2.39. The van der Waals surface area contributed by atoms with Crippen LogP contribution < -0.4 is 9.62 Å². The molecule has 0 aliphatic heterocycles. The summed E-state index contributed by atoms with van der Waals surface area (Å²) in [4.78, 5) is 24.5. The molecule has 2 aromatic carbocycles. The van der Waals surface area contributed by atoms with Crippen LogP contribution in [0.4, 0.5) is 5.69 Å². The zero-order valence-corrected chi connectivity index (χ0v) is 18.6. The molecule has 0 unspecified atom stereocenters. The number of para-hydroxylation sites is 1. The van der Waals surface area contributed by atoms with E-state index in [0.717, 1.165) is 30.0 Å². The number of nitrogens with zero attached hydrogens (tertiary/aromatic N) is 1. The maximum Gasteiger partial charge on any atom is 0.338 e. The molecule has 1 fully saturated rings. The molecule has 0 aromatic heterocycles. The molecule has 1 N–H and O–H groups in total. The summed E-state index contributed by atoms with van der Waals surface area (Å²) in [5.74, 6) is -0.414. The van der Waals surface area contributed by atoms with Crippen molar-refractivity contribution in [3.63, 3.8) is 0 Å². The first-order chi connectivity index (χ1) is 14.8. The van der Waals surface area contributed by atoms with E-state index in [1.54, 1.807) is 30.3 Å². The van der Waals surface area contributed by atoms with Gasteiger partial charge in [-0.2, -0.15) is 0 Å². The van der Waals surface area contributed by atoms with E-state index in [2.05, 4.69) is 12.2 Å². The maximum atomic E-state index is 12.9. The van der Waals surface area contributed by atoms with E-state index >= 15 is 0 Å². The largest absolute Gasteiger partial charge is 0.452 e. The lowest BCUT2D eigenvalue weighted by molar-refractivity contribution is -0.125. The van der Waals surface area contributed by atoms with Gasteiger partial charge in [0.1, 0.15) is 0 Å². The highest BCUT2D eigenvalue weighted by atomic mass is 32.2. The summed E-state index contributed by atoms with van der Waals surface area (Å²) in [6, 6.07) is 14.4. The standard InChI is InChI=1S/C23H28N2O5S/c1-17-11-13-19(14-12-17)24-22(26)16-30-23(27)18-7-6-10-21(15-18)31(28,29)25(2)20-8-4-3-5-9-20/h3-10,15,17,19H,11-14,16H2,1-2H3,(H,24,26). The van der Waals surface area contributed by atoms with E-state index in [4.69, 9.17) is 4.74 Å². The zero-order chi connectivity index (χ0) is 22.4. The minimum absolute atomic E-state index is 0.0333. The van der Waals surface area contributed by atoms with Gasteiger partial charge in [-0.15, -0.1) is 0 Å². The summed E-state index contributed by atoms with van der Waals surface area (Å²) in [5, 5.41) is 2.90. The normalized spacial score (nSPS) is 18.8. The molecule has 2 aromatic rings. The topological polar surface area (TPSA) is 92.8 Å². The maximum absolute atomic E-state index is 12.9. The van der Waals surface area contributed by atoms with E-state index in [-0.39, 0.29) is 22.4 Å². The molecule has 7 nitrogen and oxygen atoms in total. The van der Waals surface area contributed by atoms with E-state index < -0.39 is 22.6 Å². The predicted octanol–water partition coefficient (Wildman–Crippen LogP) is 3.36. The molecule has 0 radical (unpaired) electrons. The number of carbonyl (C=O) groups is 2. The summed E-state index contributed by atoms with van der Waals surface area (Å²) in [5.41, 5.74) is 0.575. The van der Waals surface area contributed by atoms with Crippen LogP contribution in [0.25, 0.3) is 0 Å². The van der Waals surface area contributed by atoms with Gasteiger partial charge in [-0.25, -0.2) is 13.2 Å². The smallest absolute Gasteiger partial charge is 0.338 e. The number of ether oxygens (including phenoxy) is 1. The Labute approximate surface area is 183 Å². The highest BCUT2D eigenvalue weighted by Gasteiger charge is 2.23. The van der Waals surface area contributed by atoms with E-state index in [0.29, 0.717) is 11.6 Å². The summed E-state index contributed by atoms with van der Waals surface area (Å²) in [7, 11) is -2.41. The van der Waals surface area contributed by atoms with Crippen molar-refractivity contribution in [1.29, 1.82) is 0 Å². The molecule has 0 heterocycles. The van der Waals surface area contributed by atoms with Crippen molar-refractivity contribution >= 4 is 27.6 Å². The Morgan fingerprint density at radius 1 is 1.03 bits per heavy atom. The minimum atomic E-state index is -3.86. The number of carbonyl (C=O) groups excluding carboxylic acids is 2. The van der Waals surface area contributed by atoms with Crippen LogP contribution in [0.1, 0.15) is 43.0 Å². The van der Waals surface area contributed by atoms with Crippen molar-refractivity contribution in [3.05, 3.63) is 60.2 Å². The molecule has 1 amide bonds. The number of anilines is 1. The number of nitrogens with one attached hydrogen (secondary N) is 1. The van der Waals surface area contributed by atoms with Crippen LogP contribution in [0.5, 0.6) is 0 Å². The number of hydrogen-bond acceptors (Lipinski definition) is 5. The second-order valence-electron chi connectivity index (χ2n) is 7.94. The highest BCUT2D eigenvalue weighted by molar-refractivity contribution is 7.92. The van der Waals surface area contributed by atoms with Crippen LogP contribution >= 0.6 is 0 Å². The lowest BCUT2D eigenvalue weighted by Gasteiger charge is -2.26. The van der Waals surface area contributed by atoms with Gasteiger partial charge in [0.2, 0.25) is 0 Å². The predicted molar refractivity (Wildman–Crippen MR) is 118 cm³/mol. The van der Waals surface area contributed by atoms with E-state index in [9.17, 15) is 18.0 Å². The molecular weight excluding hydrogens is 416 g/mol. The summed E-state index contributed by atoms with van der Waals surface area (Å²) in [6.45, 7) is 1.80. The number of benzene rings is 2. The number of sulfonamides is 1. The molecule has 0 spiro atoms. The van der Waals surface area contributed by atoms with Crippen LogP contribution in [0, 0.1) is 5.92 Å². The van der Waals surface area contributed by atoms with Gasteiger partial charge in [0.25, 0.3) is 15.9 Å². The fourth-order valence-electron chi connectivity index (χ4n) is 3.61. The molecule has 0 bridgehead atoms. The van der Waals surface area contributed by atoms with Crippen molar-refractivity contribution < 1.29 is 22.7 Å². The zero-order valence-electron chi connectivity index (χ0n) is 17.8. The molecule has 166 valence electrons. The van der Waals surface area contributed by atoms with Crippen LogP contribution in [-0.4, -0.2) is 40.0 Å². The number of hydrogen-bond donors (Lipinski definition) is 1. The molecule has 1 saturated carbocycles. The van der Waals surface area contributed by atoms with Gasteiger partial charge in [-0.05, 0) is 61.9 Å². The fraction of sp³-hybridized carbons (Fsp3) is 0.391. The molecule has 1 aliphatic carbocycles. The third-order valence-electron chi connectivity index (χ3n) is 5.56. The van der Waals surface area contributed by atoms with Gasteiger partial charge >= 0.3 is 5.97 Å². The van der Waals surface area contributed by atoms with Crippen LogP contribution in [0.15, 0.2) is 59.5 Å². The Morgan fingerprint density at radius 2 is 1.71 bits per heavy atom.